The fourth-order valence-corrected chi connectivity index (χ4v) is 2.82. The fourth-order valence-electron chi connectivity index (χ4n) is 2.25. The molecule has 0 bridgehead atoms. The van der Waals surface area contributed by atoms with Crippen LogP contribution in [0.3, 0.4) is 0 Å². The van der Waals surface area contributed by atoms with Gasteiger partial charge in [-0.2, -0.15) is 0 Å². The Morgan fingerprint density at radius 2 is 1.89 bits per heavy atom. The smallest absolute Gasteiger partial charge is 0.341 e. The summed E-state index contributed by atoms with van der Waals surface area (Å²) in [6.07, 6.45) is 4.75. The molecule has 6 nitrogen and oxygen atoms in total. The predicted molar refractivity (Wildman–Crippen MR) is 109 cm³/mol. The third kappa shape index (κ3) is 5.99. The van der Waals surface area contributed by atoms with Gasteiger partial charge in [-0.15, -0.1) is 0 Å². The number of benzene rings is 2. The number of aliphatic carboxylic acids is 1. The van der Waals surface area contributed by atoms with E-state index >= 15 is 0 Å². The predicted octanol–water partition coefficient (Wildman–Crippen LogP) is 4.38. The average molecular weight is 447 g/mol. The lowest BCUT2D eigenvalue weighted by molar-refractivity contribution is -0.139. The van der Waals surface area contributed by atoms with Crippen LogP contribution in [0.4, 0.5) is 0 Å². The van der Waals surface area contributed by atoms with E-state index in [1.54, 1.807) is 42.5 Å². The average Bonchev–Trinajstić information content (AvgIpc) is 2.69. The molecular weight excluding hydrogens is 428 g/mol. The van der Waals surface area contributed by atoms with E-state index in [4.69, 9.17) is 19.3 Å². The van der Waals surface area contributed by atoms with Gasteiger partial charge in [-0.1, -0.05) is 18.7 Å². The second kappa shape index (κ2) is 10.3. The number of halogens is 1. The van der Waals surface area contributed by atoms with Crippen molar-refractivity contribution >= 4 is 33.8 Å². The first kappa shape index (κ1) is 21.2. The molecule has 0 fully saturated rings. The van der Waals surface area contributed by atoms with E-state index in [1.165, 1.54) is 13.2 Å². The second-order valence-electron chi connectivity index (χ2n) is 5.54. The summed E-state index contributed by atoms with van der Waals surface area (Å²) in [6, 6.07) is 9.83. The summed E-state index contributed by atoms with van der Waals surface area (Å²) in [5.41, 5.74) is 1.21. The minimum absolute atomic E-state index is 0.202. The van der Waals surface area contributed by atoms with Crippen molar-refractivity contribution in [3.05, 3.63) is 70.7 Å². The van der Waals surface area contributed by atoms with Gasteiger partial charge in [0, 0.05) is 5.56 Å². The number of ether oxygens (including phenoxy) is 3. The molecule has 0 unspecified atom stereocenters. The lowest BCUT2D eigenvalue weighted by atomic mass is 10.1. The number of rotatable bonds is 10. The van der Waals surface area contributed by atoms with Crippen LogP contribution in [0.2, 0.25) is 0 Å². The van der Waals surface area contributed by atoms with Crippen LogP contribution < -0.4 is 14.2 Å². The zero-order chi connectivity index (χ0) is 20.5. The molecule has 0 amide bonds. The standard InChI is InChI=1S/C21H19BrO6/c1-3-10-27-21-17(22)11-14(12-19(21)26-2)4-9-18(23)15-5-7-16(8-6-15)28-13-20(24)25/h3-9,11-12H,1,10,13H2,2H3,(H,24,25). The fraction of sp³-hybridized carbons (Fsp3) is 0.143. The molecule has 0 saturated heterocycles. The summed E-state index contributed by atoms with van der Waals surface area (Å²) < 4.78 is 16.7. The highest BCUT2D eigenvalue weighted by Crippen LogP contribution is 2.37. The van der Waals surface area contributed by atoms with E-state index in [9.17, 15) is 9.59 Å². The van der Waals surface area contributed by atoms with E-state index in [1.807, 2.05) is 6.07 Å². The number of carboxylic acids is 1. The molecule has 7 heteroatoms. The molecule has 0 saturated carbocycles. The Balaban J connectivity index is 2.12. The molecule has 2 rings (SSSR count). The molecule has 0 radical (unpaired) electrons. The van der Waals surface area contributed by atoms with Gasteiger partial charge < -0.3 is 19.3 Å². The molecule has 0 heterocycles. The maximum Gasteiger partial charge on any atom is 0.341 e. The number of ketones is 1. The Kier molecular flexibility index (Phi) is 7.83. The van der Waals surface area contributed by atoms with Crippen LogP contribution in [0, 0.1) is 0 Å². The first-order chi connectivity index (χ1) is 13.4. The van der Waals surface area contributed by atoms with Gasteiger partial charge in [-0.25, -0.2) is 4.79 Å². The van der Waals surface area contributed by atoms with Crippen LogP contribution in [0.15, 0.2) is 59.6 Å². The number of carbonyl (C=O) groups is 2. The third-order valence-corrected chi connectivity index (χ3v) is 4.11. The van der Waals surface area contributed by atoms with Crippen LogP contribution in [-0.4, -0.2) is 37.2 Å². The molecule has 0 aliphatic heterocycles. The van der Waals surface area contributed by atoms with Crippen LogP contribution in [0.1, 0.15) is 15.9 Å². The Morgan fingerprint density at radius 3 is 2.50 bits per heavy atom. The number of hydrogen-bond acceptors (Lipinski definition) is 5. The van der Waals surface area contributed by atoms with Gasteiger partial charge in [-0.05, 0) is 64.0 Å². The van der Waals surface area contributed by atoms with E-state index in [-0.39, 0.29) is 5.78 Å². The molecule has 1 N–H and O–H groups in total. The molecular formula is C21H19BrO6. The van der Waals surface area contributed by atoms with Gasteiger partial charge in [0.05, 0.1) is 11.6 Å². The molecule has 146 valence electrons. The van der Waals surface area contributed by atoms with E-state index in [0.717, 1.165) is 5.56 Å². The Bertz CT molecular complexity index is 887. The Hall–Kier alpha value is -3.06. The summed E-state index contributed by atoms with van der Waals surface area (Å²) in [6.45, 7) is 3.52. The zero-order valence-electron chi connectivity index (χ0n) is 15.2. The van der Waals surface area contributed by atoms with Crippen LogP contribution >= 0.6 is 15.9 Å². The topological polar surface area (TPSA) is 82.1 Å². The van der Waals surface area contributed by atoms with Crippen LogP contribution in [0.5, 0.6) is 17.2 Å². The van der Waals surface area contributed by atoms with Crippen molar-refractivity contribution in [2.45, 2.75) is 0 Å². The van der Waals surface area contributed by atoms with Crippen molar-refractivity contribution in [3.8, 4) is 17.2 Å². The van der Waals surface area contributed by atoms with Crippen molar-refractivity contribution in [1.82, 2.24) is 0 Å². The highest BCUT2D eigenvalue weighted by atomic mass is 79.9. The summed E-state index contributed by atoms with van der Waals surface area (Å²) >= 11 is 3.44. The Morgan fingerprint density at radius 1 is 1.18 bits per heavy atom. The maximum atomic E-state index is 12.3. The van der Waals surface area contributed by atoms with E-state index in [2.05, 4.69) is 22.5 Å². The first-order valence-electron chi connectivity index (χ1n) is 8.23. The first-order valence-corrected chi connectivity index (χ1v) is 9.02. The largest absolute Gasteiger partial charge is 0.493 e. The van der Waals surface area contributed by atoms with E-state index < -0.39 is 12.6 Å². The van der Waals surface area contributed by atoms with Crippen LogP contribution in [0.25, 0.3) is 6.08 Å². The molecule has 0 aromatic heterocycles. The molecule has 2 aromatic carbocycles. The molecule has 2 aromatic rings. The summed E-state index contributed by atoms with van der Waals surface area (Å²) in [5.74, 6) is 0.204. The summed E-state index contributed by atoms with van der Waals surface area (Å²) in [4.78, 5) is 22.8. The minimum Gasteiger partial charge on any atom is -0.493 e. The maximum absolute atomic E-state index is 12.3. The zero-order valence-corrected chi connectivity index (χ0v) is 16.8. The quantitative estimate of drug-likeness (QED) is 0.331. The van der Waals surface area contributed by atoms with Crippen molar-refractivity contribution in [2.75, 3.05) is 20.3 Å². The van der Waals surface area contributed by atoms with Gasteiger partial charge in [0.2, 0.25) is 0 Å². The summed E-state index contributed by atoms with van der Waals surface area (Å²) in [7, 11) is 1.54. The molecule has 0 atom stereocenters. The van der Waals surface area contributed by atoms with Gasteiger partial charge in [-0.3, -0.25) is 4.79 Å². The lowest BCUT2D eigenvalue weighted by Gasteiger charge is -2.12. The highest BCUT2D eigenvalue weighted by molar-refractivity contribution is 9.10. The molecule has 28 heavy (non-hydrogen) atoms. The third-order valence-electron chi connectivity index (χ3n) is 3.53. The number of carboxylic acid groups (broad SMARTS) is 1. The number of hydrogen-bond donors (Lipinski definition) is 1. The molecule has 0 aliphatic rings. The summed E-state index contributed by atoms with van der Waals surface area (Å²) in [5, 5.41) is 8.60. The van der Waals surface area contributed by atoms with Gasteiger partial charge in [0.15, 0.2) is 23.9 Å². The molecule has 0 aliphatic carbocycles. The Labute approximate surface area is 171 Å². The van der Waals surface area contributed by atoms with Gasteiger partial charge >= 0.3 is 5.97 Å². The second-order valence-corrected chi connectivity index (χ2v) is 6.39. The van der Waals surface area contributed by atoms with Gasteiger partial charge in [0.25, 0.3) is 0 Å². The van der Waals surface area contributed by atoms with Gasteiger partial charge in [0.1, 0.15) is 12.4 Å². The van der Waals surface area contributed by atoms with Crippen molar-refractivity contribution in [1.29, 1.82) is 0 Å². The van der Waals surface area contributed by atoms with Crippen LogP contribution in [-0.2, 0) is 4.79 Å². The van der Waals surface area contributed by atoms with Crippen molar-refractivity contribution < 1.29 is 28.9 Å². The minimum atomic E-state index is -1.06. The SMILES string of the molecule is C=CCOc1c(Br)cc(C=CC(=O)c2ccc(OCC(=O)O)cc2)cc1OC. The molecule has 0 spiro atoms. The normalized spacial score (nSPS) is 10.5. The highest BCUT2D eigenvalue weighted by Gasteiger charge is 2.11. The number of carbonyl (C=O) groups excluding carboxylic acids is 1. The lowest BCUT2D eigenvalue weighted by Crippen LogP contribution is -2.09. The number of methoxy groups -OCH3 is 1. The van der Waals surface area contributed by atoms with Crippen molar-refractivity contribution in [3.63, 3.8) is 0 Å². The monoisotopic (exact) mass is 446 g/mol. The van der Waals surface area contributed by atoms with E-state index in [0.29, 0.717) is 33.9 Å². The number of allylic oxidation sites excluding steroid dienone is 1. The van der Waals surface area contributed by atoms with Crippen molar-refractivity contribution in [2.24, 2.45) is 0 Å².